The summed E-state index contributed by atoms with van der Waals surface area (Å²) in [7, 11) is 3.13. The molecule has 2 rings (SSSR count). The lowest BCUT2D eigenvalue weighted by molar-refractivity contribution is 0.0747. The zero-order valence-corrected chi connectivity index (χ0v) is 13.5. The van der Waals surface area contributed by atoms with Gasteiger partial charge >= 0.3 is 0 Å². The molecule has 0 atom stereocenters. The molecular formula is C18H20FNO3. The van der Waals surface area contributed by atoms with E-state index in [1.165, 1.54) is 12.1 Å². The second-order valence-corrected chi connectivity index (χ2v) is 4.99. The molecule has 0 bridgehead atoms. The van der Waals surface area contributed by atoms with Crippen LogP contribution in [0.3, 0.4) is 0 Å². The van der Waals surface area contributed by atoms with Gasteiger partial charge in [-0.2, -0.15) is 0 Å². The molecule has 0 saturated carbocycles. The van der Waals surface area contributed by atoms with Gasteiger partial charge in [0.15, 0.2) is 11.5 Å². The van der Waals surface area contributed by atoms with Crippen LogP contribution in [0.15, 0.2) is 42.5 Å². The van der Waals surface area contributed by atoms with Crippen molar-refractivity contribution in [1.29, 1.82) is 0 Å². The van der Waals surface area contributed by atoms with Gasteiger partial charge in [-0.15, -0.1) is 0 Å². The molecule has 0 aromatic heterocycles. The lowest BCUT2D eigenvalue weighted by Gasteiger charge is -2.22. The third-order valence-electron chi connectivity index (χ3n) is 3.59. The summed E-state index contributed by atoms with van der Waals surface area (Å²) in [5, 5.41) is 0. The first-order valence-electron chi connectivity index (χ1n) is 7.35. The highest BCUT2D eigenvalue weighted by atomic mass is 19.1. The number of hydrogen-bond acceptors (Lipinski definition) is 3. The summed E-state index contributed by atoms with van der Waals surface area (Å²) in [4.78, 5) is 14.1. The molecule has 0 N–H and O–H groups in total. The summed E-state index contributed by atoms with van der Waals surface area (Å²) in [5.74, 6) is 0.378. The lowest BCUT2D eigenvalue weighted by atomic mass is 10.1. The van der Waals surface area contributed by atoms with Crippen molar-refractivity contribution in [2.45, 2.75) is 13.5 Å². The van der Waals surface area contributed by atoms with E-state index in [1.807, 2.05) is 19.1 Å². The molecule has 5 heteroatoms. The topological polar surface area (TPSA) is 38.8 Å². The van der Waals surface area contributed by atoms with Crippen LogP contribution in [0, 0.1) is 5.82 Å². The first kappa shape index (κ1) is 16.8. The second-order valence-electron chi connectivity index (χ2n) is 4.99. The predicted octanol–water partition coefficient (Wildman–Crippen LogP) is 3.51. The molecule has 0 aliphatic rings. The van der Waals surface area contributed by atoms with E-state index in [-0.39, 0.29) is 11.5 Å². The van der Waals surface area contributed by atoms with Crippen LogP contribution in [0.25, 0.3) is 0 Å². The van der Waals surface area contributed by atoms with Gasteiger partial charge in [0.25, 0.3) is 5.91 Å². The molecule has 2 aromatic rings. The summed E-state index contributed by atoms with van der Waals surface area (Å²) in [6.07, 6.45) is 0. The van der Waals surface area contributed by atoms with E-state index in [4.69, 9.17) is 9.47 Å². The van der Waals surface area contributed by atoms with Gasteiger partial charge in [0.1, 0.15) is 5.82 Å². The Morgan fingerprint density at radius 2 is 1.78 bits per heavy atom. The normalized spacial score (nSPS) is 10.3. The Morgan fingerprint density at radius 3 is 2.39 bits per heavy atom. The Balaban J connectivity index is 2.23. The summed E-state index contributed by atoms with van der Waals surface area (Å²) in [6.45, 7) is 2.70. The fourth-order valence-corrected chi connectivity index (χ4v) is 2.33. The van der Waals surface area contributed by atoms with E-state index < -0.39 is 5.82 Å². The highest BCUT2D eigenvalue weighted by Gasteiger charge is 2.18. The zero-order valence-electron chi connectivity index (χ0n) is 13.5. The minimum atomic E-state index is -0.511. The van der Waals surface area contributed by atoms with E-state index in [0.717, 1.165) is 5.56 Å². The zero-order chi connectivity index (χ0) is 16.8. The Labute approximate surface area is 135 Å². The van der Waals surface area contributed by atoms with Gasteiger partial charge in [-0.05, 0) is 36.8 Å². The van der Waals surface area contributed by atoms with Gasteiger partial charge in [0, 0.05) is 13.1 Å². The molecule has 0 unspecified atom stereocenters. The number of carbonyl (C=O) groups excluding carboxylic acids is 1. The smallest absolute Gasteiger partial charge is 0.257 e. The van der Waals surface area contributed by atoms with Crippen molar-refractivity contribution in [2.24, 2.45) is 0 Å². The van der Waals surface area contributed by atoms with Crippen molar-refractivity contribution >= 4 is 5.91 Å². The number of methoxy groups -OCH3 is 2. The quantitative estimate of drug-likeness (QED) is 0.818. The number of amides is 1. The molecule has 2 aromatic carbocycles. The number of carbonyl (C=O) groups is 1. The molecule has 4 nitrogen and oxygen atoms in total. The number of ether oxygens (including phenoxy) is 2. The Morgan fingerprint density at radius 1 is 1.09 bits per heavy atom. The average molecular weight is 317 g/mol. The lowest BCUT2D eigenvalue weighted by Crippen LogP contribution is -2.31. The summed E-state index contributed by atoms with van der Waals surface area (Å²) >= 11 is 0. The van der Waals surface area contributed by atoms with Gasteiger partial charge < -0.3 is 14.4 Å². The Kier molecular flexibility index (Phi) is 5.57. The molecule has 0 fully saturated rings. The van der Waals surface area contributed by atoms with E-state index in [1.54, 1.807) is 37.3 Å². The van der Waals surface area contributed by atoms with Gasteiger partial charge in [-0.3, -0.25) is 4.79 Å². The maximum absolute atomic E-state index is 13.8. The summed E-state index contributed by atoms with van der Waals surface area (Å²) < 4.78 is 24.3. The summed E-state index contributed by atoms with van der Waals surface area (Å²) in [5.41, 5.74) is 0.962. The van der Waals surface area contributed by atoms with Crippen LogP contribution < -0.4 is 9.47 Å². The van der Waals surface area contributed by atoms with E-state index in [9.17, 15) is 9.18 Å². The molecule has 0 spiro atoms. The standard InChI is InChI=1S/C18H20FNO3/c1-4-20(18(21)14-7-5-6-8-15(14)19)12-13-9-10-16(22-2)17(11-13)23-3/h5-11H,4,12H2,1-3H3. The molecule has 23 heavy (non-hydrogen) atoms. The number of hydrogen-bond donors (Lipinski definition) is 0. The van der Waals surface area contributed by atoms with Crippen molar-refractivity contribution < 1.29 is 18.7 Å². The molecule has 0 saturated heterocycles. The SMILES string of the molecule is CCN(Cc1ccc(OC)c(OC)c1)C(=O)c1ccccc1F. The summed E-state index contributed by atoms with van der Waals surface area (Å²) in [6, 6.07) is 11.5. The van der Waals surface area contributed by atoms with E-state index >= 15 is 0 Å². The monoisotopic (exact) mass is 317 g/mol. The van der Waals surface area contributed by atoms with Crippen molar-refractivity contribution in [3.05, 3.63) is 59.4 Å². The van der Waals surface area contributed by atoms with Gasteiger partial charge in [0.05, 0.1) is 19.8 Å². The fourth-order valence-electron chi connectivity index (χ4n) is 2.33. The minimum absolute atomic E-state index is 0.0785. The van der Waals surface area contributed by atoms with Crippen LogP contribution in [-0.4, -0.2) is 31.6 Å². The van der Waals surface area contributed by atoms with Crippen molar-refractivity contribution in [2.75, 3.05) is 20.8 Å². The predicted molar refractivity (Wildman–Crippen MR) is 86.4 cm³/mol. The largest absolute Gasteiger partial charge is 0.493 e. The first-order chi connectivity index (χ1) is 11.1. The maximum Gasteiger partial charge on any atom is 0.257 e. The Hall–Kier alpha value is -2.56. The third kappa shape index (κ3) is 3.80. The first-order valence-corrected chi connectivity index (χ1v) is 7.35. The average Bonchev–Trinajstić information content (AvgIpc) is 2.59. The minimum Gasteiger partial charge on any atom is -0.493 e. The Bertz CT molecular complexity index is 688. The number of nitrogens with zero attached hydrogens (tertiary/aromatic N) is 1. The van der Waals surface area contributed by atoms with Gasteiger partial charge in [-0.1, -0.05) is 18.2 Å². The molecule has 0 aliphatic carbocycles. The van der Waals surface area contributed by atoms with Crippen LogP contribution in [0.2, 0.25) is 0 Å². The van der Waals surface area contributed by atoms with Crippen LogP contribution >= 0.6 is 0 Å². The molecule has 0 heterocycles. The van der Waals surface area contributed by atoms with Crippen molar-refractivity contribution in [1.82, 2.24) is 4.90 Å². The van der Waals surface area contributed by atoms with Crippen LogP contribution in [0.5, 0.6) is 11.5 Å². The molecule has 0 aliphatic heterocycles. The van der Waals surface area contributed by atoms with E-state index in [2.05, 4.69) is 0 Å². The molecule has 1 amide bonds. The number of benzene rings is 2. The third-order valence-corrected chi connectivity index (χ3v) is 3.59. The van der Waals surface area contributed by atoms with Crippen molar-refractivity contribution in [3.63, 3.8) is 0 Å². The van der Waals surface area contributed by atoms with Gasteiger partial charge in [0.2, 0.25) is 0 Å². The van der Waals surface area contributed by atoms with E-state index in [0.29, 0.717) is 24.6 Å². The number of rotatable bonds is 6. The number of halogens is 1. The molecule has 0 radical (unpaired) electrons. The maximum atomic E-state index is 13.8. The molecular weight excluding hydrogens is 297 g/mol. The van der Waals surface area contributed by atoms with Gasteiger partial charge in [-0.25, -0.2) is 4.39 Å². The van der Waals surface area contributed by atoms with Crippen LogP contribution in [0.4, 0.5) is 4.39 Å². The second kappa shape index (κ2) is 7.63. The highest BCUT2D eigenvalue weighted by Crippen LogP contribution is 2.28. The highest BCUT2D eigenvalue weighted by molar-refractivity contribution is 5.94. The molecule has 122 valence electrons. The van der Waals surface area contributed by atoms with Crippen LogP contribution in [0.1, 0.15) is 22.8 Å². The van der Waals surface area contributed by atoms with Crippen molar-refractivity contribution in [3.8, 4) is 11.5 Å². The van der Waals surface area contributed by atoms with Crippen LogP contribution in [-0.2, 0) is 6.54 Å². The fraction of sp³-hybridized carbons (Fsp3) is 0.278.